The Morgan fingerprint density at radius 3 is 2.41 bits per heavy atom. The monoisotopic (exact) mass is 230 g/mol. The van der Waals surface area contributed by atoms with Crippen molar-refractivity contribution >= 4 is 5.97 Å². The summed E-state index contributed by atoms with van der Waals surface area (Å²) >= 11 is 0. The van der Waals surface area contributed by atoms with E-state index >= 15 is 0 Å². The first-order chi connectivity index (χ1) is 7.95. The molecule has 1 aromatic carbocycles. The van der Waals surface area contributed by atoms with Crippen molar-refractivity contribution in [2.24, 2.45) is 5.41 Å². The van der Waals surface area contributed by atoms with Gasteiger partial charge in [0.25, 0.3) is 0 Å². The minimum absolute atomic E-state index is 0.226. The Kier molecular flexibility index (Phi) is 4.34. The van der Waals surface area contributed by atoms with Gasteiger partial charge < -0.3 is 4.74 Å². The lowest BCUT2D eigenvalue weighted by Gasteiger charge is -2.17. The zero-order valence-electron chi connectivity index (χ0n) is 10.8. The molecule has 0 amide bonds. The third kappa shape index (κ3) is 3.96. The van der Waals surface area contributed by atoms with Crippen LogP contribution < -0.4 is 0 Å². The second-order valence-corrected chi connectivity index (χ2v) is 4.72. The minimum atomic E-state index is -0.549. The Morgan fingerprint density at radius 2 is 1.88 bits per heavy atom. The Bertz CT molecular complexity index is 444. The molecule has 0 radical (unpaired) electrons. The summed E-state index contributed by atoms with van der Waals surface area (Å²) in [5, 5.41) is 0. The predicted octanol–water partition coefficient (Wildman–Crippen LogP) is 2.94. The third-order valence-corrected chi connectivity index (χ3v) is 2.55. The molecule has 0 N–H and O–H groups in total. The molecule has 0 spiro atoms. The van der Waals surface area contributed by atoms with Gasteiger partial charge in [0.1, 0.15) is 0 Å². The van der Waals surface area contributed by atoms with Crippen LogP contribution in [-0.4, -0.2) is 13.1 Å². The minimum Gasteiger partial charge on any atom is -0.469 e. The first-order valence-electron chi connectivity index (χ1n) is 5.59. The molecule has 0 fully saturated rings. The molecular weight excluding hydrogens is 212 g/mol. The Morgan fingerprint density at radius 1 is 1.29 bits per heavy atom. The van der Waals surface area contributed by atoms with Gasteiger partial charge in [-0.3, -0.25) is 4.79 Å². The van der Waals surface area contributed by atoms with Crippen LogP contribution in [0.3, 0.4) is 0 Å². The van der Waals surface area contributed by atoms with Gasteiger partial charge in [0.05, 0.1) is 12.5 Å². The van der Waals surface area contributed by atoms with Gasteiger partial charge in [0.15, 0.2) is 0 Å². The number of hydrogen-bond donors (Lipinski definition) is 0. The highest BCUT2D eigenvalue weighted by atomic mass is 16.5. The largest absolute Gasteiger partial charge is 0.469 e. The van der Waals surface area contributed by atoms with Crippen molar-refractivity contribution in [3.05, 3.63) is 35.4 Å². The van der Waals surface area contributed by atoms with Crippen molar-refractivity contribution in [1.82, 2.24) is 0 Å². The van der Waals surface area contributed by atoms with E-state index in [1.807, 2.05) is 45.0 Å². The molecule has 0 heterocycles. The molecule has 0 saturated carbocycles. The summed E-state index contributed by atoms with van der Waals surface area (Å²) in [7, 11) is 1.40. The van der Waals surface area contributed by atoms with E-state index in [-0.39, 0.29) is 5.97 Å². The normalized spacial score (nSPS) is 10.4. The number of carbonyl (C=O) groups is 1. The molecule has 1 rings (SSSR count). The van der Waals surface area contributed by atoms with Gasteiger partial charge in [0.2, 0.25) is 0 Å². The molecule has 17 heavy (non-hydrogen) atoms. The van der Waals surface area contributed by atoms with Crippen molar-refractivity contribution < 1.29 is 9.53 Å². The fourth-order valence-electron chi connectivity index (χ4n) is 1.35. The summed E-state index contributed by atoms with van der Waals surface area (Å²) < 4.78 is 4.73. The summed E-state index contributed by atoms with van der Waals surface area (Å²) in [6.07, 6.45) is 0.494. The van der Waals surface area contributed by atoms with Crippen LogP contribution in [0.2, 0.25) is 0 Å². The quantitative estimate of drug-likeness (QED) is 0.577. The van der Waals surface area contributed by atoms with Crippen LogP contribution in [0.15, 0.2) is 24.3 Å². The van der Waals surface area contributed by atoms with Gasteiger partial charge >= 0.3 is 5.97 Å². The number of ether oxygens (including phenoxy) is 1. The Labute approximate surface area is 103 Å². The molecular formula is C15H18O2. The molecule has 0 aromatic heterocycles. The van der Waals surface area contributed by atoms with Crippen LogP contribution in [0, 0.1) is 24.2 Å². The van der Waals surface area contributed by atoms with E-state index in [0.29, 0.717) is 6.42 Å². The second kappa shape index (κ2) is 5.54. The van der Waals surface area contributed by atoms with E-state index in [4.69, 9.17) is 4.74 Å². The fraction of sp³-hybridized carbons (Fsp3) is 0.400. The zero-order valence-corrected chi connectivity index (χ0v) is 10.8. The van der Waals surface area contributed by atoms with Crippen LogP contribution in [0.5, 0.6) is 0 Å². The maximum Gasteiger partial charge on any atom is 0.312 e. The molecule has 2 nitrogen and oxygen atoms in total. The number of aryl methyl sites for hydroxylation is 1. The van der Waals surface area contributed by atoms with E-state index in [1.165, 1.54) is 12.7 Å². The fourth-order valence-corrected chi connectivity index (χ4v) is 1.35. The van der Waals surface area contributed by atoms with Crippen molar-refractivity contribution in [2.45, 2.75) is 27.2 Å². The van der Waals surface area contributed by atoms with Gasteiger partial charge in [0, 0.05) is 12.0 Å². The maximum absolute atomic E-state index is 11.4. The van der Waals surface area contributed by atoms with Gasteiger partial charge in [-0.1, -0.05) is 29.5 Å². The van der Waals surface area contributed by atoms with Crippen molar-refractivity contribution in [3.8, 4) is 11.8 Å². The number of esters is 1. The average molecular weight is 230 g/mol. The SMILES string of the molecule is COC(=O)C(C)(C)CC#Cc1ccc(C)cc1. The molecule has 0 aliphatic rings. The number of methoxy groups -OCH3 is 1. The lowest BCUT2D eigenvalue weighted by molar-refractivity contribution is -0.150. The van der Waals surface area contributed by atoms with E-state index in [1.54, 1.807) is 0 Å². The lowest BCUT2D eigenvalue weighted by atomic mass is 9.90. The van der Waals surface area contributed by atoms with Gasteiger partial charge in [-0.25, -0.2) is 0 Å². The molecule has 0 atom stereocenters. The van der Waals surface area contributed by atoms with Crippen LogP contribution >= 0.6 is 0 Å². The highest BCUT2D eigenvalue weighted by molar-refractivity contribution is 5.76. The molecule has 0 bridgehead atoms. The number of carbonyl (C=O) groups excluding carboxylic acids is 1. The Balaban J connectivity index is 2.68. The average Bonchev–Trinajstić information content (AvgIpc) is 2.30. The first-order valence-corrected chi connectivity index (χ1v) is 5.59. The summed E-state index contributed by atoms with van der Waals surface area (Å²) in [5.74, 6) is 5.85. The highest BCUT2D eigenvalue weighted by Gasteiger charge is 2.27. The van der Waals surface area contributed by atoms with Crippen LogP contribution in [0.1, 0.15) is 31.4 Å². The molecule has 0 aliphatic heterocycles. The van der Waals surface area contributed by atoms with E-state index < -0.39 is 5.41 Å². The summed E-state index contributed by atoms with van der Waals surface area (Å²) in [6, 6.07) is 8.01. The van der Waals surface area contributed by atoms with Crippen molar-refractivity contribution in [1.29, 1.82) is 0 Å². The lowest BCUT2D eigenvalue weighted by Crippen LogP contribution is -2.24. The van der Waals surface area contributed by atoms with E-state index in [9.17, 15) is 4.79 Å². The molecule has 1 aromatic rings. The molecule has 0 unspecified atom stereocenters. The number of hydrogen-bond acceptors (Lipinski definition) is 2. The van der Waals surface area contributed by atoms with Crippen LogP contribution in [0.25, 0.3) is 0 Å². The maximum atomic E-state index is 11.4. The summed E-state index contributed by atoms with van der Waals surface area (Å²) in [4.78, 5) is 11.4. The number of benzene rings is 1. The summed E-state index contributed by atoms with van der Waals surface area (Å²) in [5.41, 5.74) is 1.63. The van der Waals surface area contributed by atoms with Crippen molar-refractivity contribution in [3.63, 3.8) is 0 Å². The molecule has 0 saturated heterocycles. The number of rotatable bonds is 2. The van der Waals surface area contributed by atoms with Gasteiger partial charge in [-0.2, -0.15) is 0 Å². The van der Waals surface area contributed by atoms with Crippen LogP contribution in [0.4, 0.5) is 0 Å². The second-order valence-electron chi connectivity index (χ2n) is 4.72. The predicted molar refractivity (Wildman–Crippen MR) is 68.5 cm³/mol. The standard InChI is InChI=1S/C15H18O2/c1-12-7-9-13(10-8-12)6-5-11-15(2,3)14(16)17-4/h7-10H,11H2,1-4H3. The van der Waals surface area contributed by atoms with E-state index in [2.05, 4.69) is 11.8 Å². The third-order valence-electron chi connectivity index (χ3n) is 2.55. The zero-order chi connectivity index (χ0) is 12.9. The molecule has 90 valence electrons. The molecule has 2 heteroatoms. The van der Waals surface area contributed by atoms with E-state index in [0.717, 1.165) is 5.56 Å². The highest BCUT2D eigenvalue weighted by Crippen LogP contribution is 2.21. The van der Waals surface area contributed by atoms with Gasteiger partial charge in [-0.15, -0.1) is 0 Å². The van der Waals surface area contributed by atoms with Crippen molar-refractivity contribution in [2.75, 3.05) is 7.11 Å². The Hall–Kier alpha value is -1.75. The van der Waals surface area contributed by atoms with Crippen LogP contribution in [-0.2, 0) is 9.53 Å². The topological polar surface area (TPSA) is 26.3 Å². The smallest absolute Gasteiger partial charge is 0.312 e. The first kappa shape index (κ1) is 13.3. The molecule has 0 aliphatic carbocycles. The van der Waals surface area contributed by atoms with Gasteiger partial charge in [-0.05, 0) is 32.9 Å². The summed E-state index contributed by atoms with van der Waals surface area (Å²) in [6.45, 7) is 5.71.